The number of aromatic nitrogens is 1. The number of aliphatic hydroxyl groups excluding tert-OH is 1. The van der Waals surface area contributed by atoms with Crippen molar-refractivity contribution in [3.05, 3.63) is 36.0 Å². The van der Waals surface area contributed by atoms with Gasteiger partial charge in [-0.25, -0.2) is 0 Å². The maximum absolute atomic E-state index is 9.43. The zero-order valence-corrected chi connectivity index (χ0v) is 9.39. The maximum Gasteiger partial charge on any atom is 0.229 e. The molecule has 88 valence electrons. The molecule has 0 aliphatic heterocycles. The molecule has 17 heavy (non-hydrogen) atoms. The largest absolute Gasteiger partial charge is 0.395 e. The summed E-state index contributed by atoms with van der Waals surface area (Å²) >= 11 is 0. The molecule has 0 atom stereocenters. The smallest absolute Gasteiger partial charge is 0.229 e. The van der Waals surface area contributed by atoms with Gasteiger partial charge in [-0.3, -0.25) is 0 Å². The van der Waals surface area contributed by atoms with E-state index in [1.807, 2.05) is 12.1 Å². The molecule has 1 aromatic carbocycles. The second-order valence-corrected chi connectivity index (χ2v) is 4.62. The lowest BCUT2D eigenvalue weighted by molar-refractivity contribution is 0.255. The number of hydrogen-bond donors (Lipinski definition) is 2. The predicted octanol–water partition coefficient (Wildman–Crippen LogP) is 1.95. The molecule has 0 bridgehead atoms. The molecule has 2 aromatic rings. The van der Waals surface area contributed by atoms with Crippen LogP contribution in [-0.2, 0) is 5.41 Å². The first kappa shape index (κ1) is 10.4. The molecule has 0 unspecified atom stereocenters. The summed E-state index contributed by atoms with van der Waals surface area (Å²) in [6.07, 6.45) is 3.71. The van der Waals surface area contributed by atoms with Crippen LogP contribution in [0.1, 0.15) is 18.4 Å². The minimum atomic E-state index is -0.0259. The van der Waals surface area contributed by atoms with Gasteiger partial charge in [-0.05, 0) is 24.0 Å². The van der Waals surface area contributed by atoms with Crippen molar-refractivity contribution < 1.29 is 9.63 Å². The van der Waals surface area contributed by atoms with Gasteiger partial charge in [-0.15, -0.1) is 0 Å². The normalized spacial score (nSPS) is 17.0. The fourth-order valence-electron chi connectivity index (χ4n) is 2.17. The first-order chi connectivity index (χ1) is 8.25. The number of rotatable bonds is 3. The van der Waals surface area contributed by atoms with Crippen molar-refractivity contribution in [1.82, 2.24) is 5.16 Å². The molecule has 4 heteroatoms. The molecule has 1 saturated carbocycles. The number of nitrogen functional groups attached to an aromatic ring is 1. The third kappa shape index (κ3) is 1.61. The van der Waals surface area contributed by atoms with Crippen LogP contribution in [0.5, 0.6) is 0 Å². The topological polar surface area (TPSA) is 72.3 Å². The Labute approximate surface area is 99.0 Å². The van der Waals surface area contributed by atoms with E-state index in [4.69, 9.17) is 10.3 Å². The van der Waals surface area contributed by atoms with Crippen LogP contribution in [-0.4, -0.2) is 16.9 Å². The van der Waals surface area contributed by atoms with Crippen LogP contribution in [0.15, 0.2) is 35.0 Å². The molecule has 1 aromatic heterocycles. The molecule has 4 nitrogen and oxygen atoms in total. The van der Waals surface area contributed by atoms with E-state index >= 15 is 0 Å². The Morgan fingerprint density at radius 2 is 2.24 bits per heavy atom. The summed E-state index contributed by atoms with van der Waals surface area (Å²) < 4.78 is 4.86. The van der Waals surface area contributed by atoms with Gasteiger partial charge in [-0.1, -0.05) is 29.4 Å². The Morgan fingerprint density at radius 1 is 1.41 bits per heavy atom. The van der Waals surface area contributed by atoms with Gasteiger partial charge in [0.1, 0.15) is 0 Å². The molecule has 0 saturated heterocycles. The van der Waals surface area contributed by atoms with Crippen LogP contribution >= 0.6 is 0 Å². The molecule has 1 aliphatic rings. The van der Waals surface area contributed by atoms with Crippen LogP contribution in [0.3, 0.4) is 0 Å². The van der Waals surface area contributed by atoms with Gasteiger partial charge in [0, 0.05) is 5.41 Å². The molecular weight excluding hydrogens is 216 g/mol. The van der Waals surface area contributed by atoms with E-state index in [-0.39, 0.29) is 12.0 Å². The fraction of sp³-hybridized carbons (Fsp3) is 0.308. The molecule has 3 N–H and O–H groups in total. The Hall–Kier alpha value is -1.81. The van der Waals surface area contributed by atoms with Crippen LogP contribution in [0, 0.1) is 0 Å². The van der Waals surface area contributed by atoms with Crippen molar-refractivity contribution in [1.29, 1.82) is 0 Å². The van der Waals surface area contributed by atoms with Crippen molar-refractivity contribution in [3.8, 4) is 11.1 Å². The van der Waals surface area contributed by atoms with Crippen molar-refractivity contribution >= 4 is 5.88 Å². The number of hydrogen-bond acceptors (Lipinski definition) is 4. The Kier molecular flexibility index (Phi) is 2.19. The van der Waals surface area contributed by atoms with Gasteiger partial charge in [0.15, 0.2) is 0 Å². The third-order valence-corrected chi connectivity index (χ3v) is 3.54. The van der Waals surface area contributed by atoms with Gasteiger partial charge in [0.05, 0.1) is 18.4 Å². The second kappa shape index (κ2) is 3.60. The summed E-state index contributed by atoms with van der Waals surface area (Å²) in [7, 11) is 0. The zero-order chi connectivity index (χ0) is 11.9. The van der Waals surface area contributed by atoms with E-state index < -0.39 is 0 Å². The predicted molar refractivity (Wildman–Crippen MR) is 64.3 cm³/mol. The van der Waals surface area contributed by atoms with Gasteiger partial charge in [0.2, 0.25) is 5.88 Å². The summed E-state index contributed by atoms with van der Waals surface area (Å²) in [6, 6.07) is 8.06. The number of nitrogens with two attached hydrogens (primary N) is 1. The molecule has 1 heterocycles. The Morgan fingerprint density at radius 3 is 2.82 bits per heavy atom. The third-order valence-electron chi connectivity index (χ3n) is 3.54. The van der Waals surface area contributed by atoms with Gasteiger partial charge >= 0.3 is 0 Å². The van der Waals surface area contributed by atoms with Gasteiger partial charge < -0.3 is 15.4 Å². The minimum absolute atomic E-state index is 0.0259. The van der Waals surface area contributed by atoms with Gasteiger partial charge in [-0.2, -0.15) is 0 Å². The standard InChI is InChI=1S/C13H14N2O2/c14-12-11(7-15-17-12)9-2-1-3-10(6-9)13(8-16)4-5-13/h1-3,6-7,16H,4-5,8,14H2. The van der Waals surface area contributed by atoms with Gasteiger partial charge in [0.25, 0.3) is 0 Å². The van der Waals surface area contributed by atoms with E-state index in [1.165, 1.54) is 0 Å². The molecule has 0 spiro atoms. The first-order valence-electron chi connectivity index (χ1n) is 5.67. The molecule has 0 radical (unpaired) electrons. The lowest BCUT2D eigenvalue weighted by Gasteiger charge is -2.13. The van der Waals surface area contributed by atoms with E-state index in [0.717, 1.165) is 29.5 Å². The average molecular weight is 230 g/mol. The SMILES string of the molecule is Nc1oncc1-c1cccc(C2(CO)CC2)c1. The van der Waals surface area contributed by atoms with Crippen molar-refractivity contribution in [2.24, 2.45) is 0 Å². The number of benzene rings is 1. The lowest BCUT2D eigenvalue weighted by Crippen LogP contribution is -2.11. The highest BCUT2D eigenvalue weighted by atomic mass is 16.5. The van der Waals surface area contributed by atoms with Crippen molar-refractivity contribution in [2.75, 3.05) is 12.3 Å². The van der Waals surface area contributed by atoms with Crippen LogP contribution in [0.4, 0.5) is 5.88 Å². The number of nitrogens with zero attached hydrogens (tertiary/aromatic N) is 1. The van der Waals surface area contributed by atoms with Crippen LogP contribution < -0.4 is 5.73 Å². The highest BCUT2D eigenvalue weighted by molar-refractivity contribution is 5.72. The van der Waals surface area contributed by atoms with E-state index in [9.17, 15) is 5.11 Å². The van der Waals surface area contributed by atoms with E-state index in [1.54, 1.807) is 6.20 Å². The summed E-state index contributed by atoms with van der Waals surface area (Å²) in [5.74, 6) is 0.330. The maximum atomic E-state index is 9.43. The summed E-state index contributed by atoms with van der Waals surface area (Å²) in [6.45, 7) is 0.204. The summed E-state index contributed by atoms with van der Waals surface area (Å²) in [4.78, 5) is 0. The summed E-state index contributed by atoms with van der Waals surface area (Å²) in [5.41, 5.74) is 8.63. The van der Waals surface area contributed by atoms with Crippen LogP contribution in [0.25, 0.3) is 11.1 Å². The minimum Gasteiger partial charge on any atom is -0.395 e. The lowest BCUT2D eigenvalue weighted by atomic mass is 9.94. The first-order valence-corrected chi connectivity index (χ1v) is 5.67. The molecular formula is C13H14N2O2. The number of aliphatic hydroxyl groups is 1. The molecule has 0 amide bonds. The molecule has 1 aliphatic carbocycles. The fourth-order valence-corrected chi connectivity index (χ4v) is 2.17. The van der Waals surface area contributed by atoms with Crippen molar-refractivity contribution in [2.45, 2.75) is 18.3 Å². The average Bonchev–Trinajstić information content (AvgIpc) is 3.06. The second-order valence-electron chi connectivity index (χ2n) is 4.62. The quantitative estimate of drug-likeness (QED) is 0.845. The monoisotopic (exact) mass is 230 g/mol. The Bertz CT molecular complexity index is 544. The summed E-state index contributed by atoms with van der Waals surface area (Å²) in [5, 5.41) is 13.1. The molecule has 3 rings (SSSR count). The molecule has 1 fully saturated rings. The van der Waals surface area contributed by atoms with E-state index in [2.05, 4.69) is 17.3 Å². The van der Waals surface area contributed by atoms with Crippen LogP contribution in [0.2, 0.25) is 0 Å². The highest BCUT2D eigenvalue weighted by Gasteiger charge is 2.43. The zero-order valence-electron chi connectivity index (χ0n) is 9.39. The number of anilines is 1. The van der Waals surface area contributed by atoms with E-state index in [0.29, 0.717) is 5.88 Å². The Balaban J connectivity index is 2.03. The highest BCUT2D eigenvalue weighted by Crippen LogP contribution is 2.48. The van der Waals surface area contributed by atoms with Crippen molar-refractivity contribution in [3.63, 3.8) is 0 Å².